The highest BCUT2D eigenvalue weighted by atomic mass is 79.9. The summed E-state index contributed by atoms with van der Waals surface area (Å²) in [5.41, 5.74) is 6.67. The zero-order valence-corrected chi connectivity index (χ0v) is 60.6. The van der Waals surface area contributed by atoms with Crippen molar-refractivity contribution >= 4 is 56.5 Å². The van der Waals surface area contributed by atoms with Crippen LogP contribution >= 0.6 is 56.5 Å². The molecular weight excluding hydrogens is 1530 g/mol. The Labute approximate surface area is 633 Å². The van der Waals surface area contributed by atoms with Crippen molar-refractivity contribution in [2.24, 2.45) is 11.8 Å². The number of hydrogen-bond acceptors (Lipinski definition) is 28. The Hall–Kier alpha value is -11.9. The lowest BCUT2D eigenvalue weighted by atomic mass is 10.0. The molecule has 12 aromatic rings. The molecule has 4 unspecified atom stereocenters. The summed E-state index contributed by atoms with van der Waals surface area (Å²) < 4.78 is 51.4. The number of hydrogen-bond donors (Lipinski definition) is 4. The molecule has 540 valence electrons. The number of nitrogens with two attached hydrogens (primary N) is 2. The van der Waals surface area contributed by atoms with Gasteiger partial charge in [-0.3, -0.25) is 0 Å². The fourth-order valence-corrected chi connectivity index (χ4v) is 11.6. The third kappa shape index (κ3) is 24.6. The molecule has 30 nitrogen and oxygen atoms in total. The van der Waals surface area contributed by atoms with Gasteiger partial charge in [0.15, 0.2) is 5.75 Å². The summed E-state index contributed by atoms with van der Waals surface area (Å²) in [5.74, 6) is 13.7. The first-order chi connectivity index (χ1) is 51.9. The number of nitrogens with zero attached hydrogens (tertiary/aromatic N) is 16. The maximum absolute atomic E-state index is 9.53. The molecule has 0 aliphatic carbocycles. The molecule has 0 saturated carbocycles. The normalized spacial score (nSPS) is 11.6. The van der Waals surface area contributed by atoms with Crippen molar-refractivity contribution in [3.8, 4) is 70.3 Å². The first-order valence-corrected chi connectivity index (χ1v) is 34.6. The molecule has 6 N–H and O–H groups in total. The number of halogens is 2. The number of ether oxygens (including phenoxy) is 4. The van der Waals surface area contributed by atoms with Gasteiger partial charge in [-0.05, 0) is 188 Å². The van der Waals surface area contributed by atoms with Crippen molar-refractivity contribution in [2.75, 3.05) is 26.4 Å². The van der Waals surface area contributed by atoms with Crippen LogP contribution in [0.3, 0.4) is 0 Å². The number of phenolic OH excluding ortho intramolecular Hbond substituents is 2. The van der Waals surface area contributed by atoms with Crippen LogP contribution in [-0.4, -0.2) is 95.7 Å². The topological polar surface area (TPSA) is 403 Å². The van der Waals surface area contributed by atoms with Crippen molar-refractivity contribution in [3.63, 3.8) is 0 Å². The second-order valence-electron chi connectivity index (χ2n) is 22.0. The Kier molecular flexibility index (Phi) is 31.5. The van der Waals surface area contributed by atoms with Gasteiger partial charge in [-0.15, -0.1) is 59.4 Å². The highest BCUT2D eigenvalue weighted by Crippen LogP contribution is 2.34. The van der Waals surface area contributed by atoms with E-state index >= 15 is 0 Å². The van der Waals surface area contributed by atoms with E-state index in [1.807, 2.05) is 66.8 Å². The highest BCUT2D eigenvalue weighted by Gasteiger charge is 2.19. The van der Waals surface area contributed by atoms with E-state index in [-0.39, 0.29) is 35.7 Å². The minimum Gasteiger partial charge on any atom is -0.508 e. The van der Waals surface area contributed by atoms with Crippen molar-refractivity contribution in [1.82, 2.24) is 59.1 Å². The average Bonchev–Trinajstić information content (AvgIpc) is 1.46. The van der Waals surface area contributed by atoms with Crippen molar-refractivity contribution < 1.29 is 56.2 Å². The Morgan fingerprint density at radius 2 is 0.642 bits per heavy atom. The SMILES string of the molecule is N#Cc1ccc(C(CCOc2ccc(O)c(Br)c2)n2cnnc2)cc1.N#Cc1ccc(C(CCOc2ccc(O)cc2)n2cnnc2)cc1.N#Cc1ccc(C(CCOc2ccc(OSOON)c(Br)c2)n2cnnc2)cc1.N#Cc1ccc(C(CCOc2ccc(OSOON)cc2)n2cnnc2)cc1. The maximum atomic E-state index is 9.53. The molecule has 106 heavy (non-hydrogen) atoms. The summed E-state index contributed by atoms with van der Waals surface area (Å²) in [6.07, 6.45) is 16.1. The fourth-order valence-electron chi connectivity index (χ4n) is 10.2. The quantitative estimate of drug-likeness (QED) is 0.0132. The van der Waals surface area contributed by atoms with Gasteiger partial charge in [0.2, 0.25) is 0 Å². The molecule has 34 heteroatoms. The molecule has 8 aromatic carbocycles. The number of nitriles is 4. The molecule has 4 heterocycles. The van der Waals surface area contributed by atoms with E-state index in [0.717, 1.165) is 22.3 Å². The molecule has 12 rings (SSSR count). The van der Waals surface area contributed by atoms with Crippen LogP contribution < -0.4 is 39.1 Å². The highest BCUT2D eigenvalue weighted by molar-refractivity contribution is 9.11. The van der Waals surface area contributed by atoms with Gasteiger partial charge >= 0.3 is 0 Å². The molecule has 4 aromatic heterocycles. The summed E-state index contributed by atoms with van der Waals surface area (Å²) in [6.45, 7) is 1.89. The molecule has 0 bridgehead atoms. The lowest BCUT2D eigenvalue weighted by molar-refractivity contribution is -0.199. The van der Waals surface area contributed by atoms with E-state index in [9.17, 15) is 10.2 Å². The van der Waals surface area contributed by atoms with Gasteiger partial charge in [0.05, 0.1) is 106 Å². The van der Waals surface area contributed by atoms with Crippen molar-refractivity contribution in [1.29, 1.82) is 21.0 Å². The second kappa shape index (κ2) is 42.6. The Bertz CT molecular complexity index is 4720. The molecule has 0 radical (unpaired) electrons. The number of phenols is 2. The monoisotopic (exact) mass is 1590 g/mol. The van der Waals surface area contributed by atoms with Crippen LogP contribution in [0, 0.1) is 45.3 Å². The maximum Gasteiger partial charge on any atom is 0.260 e. The number of benzene rings is 8. The predicted octanol–water partition coefficient (Wildman–Crippen LogP) is 13.3. The second-order valence-corrected chi connectivity index (χ2v) is 24.6. The number of aromatic hydroxyl groups is 2. The lowest BCUT2D eigenvalue weighted by Crippen LogP contribution is -2.13. The Balaban J connectivity index is 0.000000164. The van der Waals surface area contributed by atoms with Crippen LogP contribution in [0.2, 0.25) is 0 Å². The van der Waals surface area contributed by atoms with E-state index in [0.29, 0.717) is 142 Å². The van der Waals surface area contributed by atoms with Crippen LogP contribution in [0.1, 0.15) is 94.4 Å². The average molecular weight is 1600 g/mol. The van der Waals surface area contributed by atoms with Crippen LogP contribution in [-0.2, 0) is 18.6 Å². The number of rotatable bonds is 32. The minimum atomic E-state index is -0.0198. The summed E-state index contributed by atoms with van der Waals surface area (Å²) in [4.78, 5) is 7.88. The van der Waals surface area contributed by atoms with Gasteiger partial charge < -0.3 is 55.8 Å². The largest absolute Gasteiger partial charge is 0.508 e. The predicted molar refractivity (Wildman–Crippen MR) is 391 cm³/mol. The van der Waals surface area contributed by atoms with Crippen LogP contribution in [0.5, 0.6) is 46.0 Å². The molecule has 4 atom stereocenters. The van der Waals surface area contributed by atoms with E-state index in [1.54, 1.807) is 184 Å². The molecule has 0 saturated heterocycles. The molecule has 0 aliphatic heterocycles. The van der Waals surface area contributed by atoms with Gasteiger partial charge in [-0.25, -0.2) is 0 Å². The third-order valence-electron chi connectivity index (χ3n) is 15.4. The Morgan fingerprint density at radius 3 is 0.953 bits per heavy atom. The smallest absolute Gasteiger partial charge is 0.260 e. The van der Waals surface area contributed by atoms with E-state index in [1.165, 1.54) is 0 Å². The lowest BCUT2D eigenvalue weighted by Gasteiger charge is -2.19. The van der Waals surface area contributed by atoms with Gasteiger partial charge in [0, 0.05) is 25.7 Å². The van der Waals surface area contributed by atoms with Crippen LogP contribution in [0.4, 0.5) is 0 Å². The van der Waals surface area contributed by atoms with Gasteiger partial charge in [-0.2, -0.15) is 32.8 Å². The zero-order valence-electron chi connectivity index (χ0n) is 55.8. The molecule has 0 aliphatic rings. The van der Waals surface area contributed by atoms with Crippen LogP contribution in [0.25, 0.3) is 0 Å². The molecule has 0 fully saturated rings. The first kappa shape index (κ1) is 78.2. The van der Waals surface area contributed by atoms with Gasteiger partial charge in [0.1, 0.15) is 90.9 Å². The zero-order chi connectivity index (χ0) is 74.5. The number of aromatic nitrogens is 12. The molecule has 0 spiro atoms. The molecular formula is C72H64Br2N18O12S2. The first-order valence-electron chi connectivity index (χ1n) is 31.7. The van der Waals surface area contributed by atoms with Crippen molar-refractivity contribution in [2.45, 2.75) is 49.9 Å². The van der Waals surface area contributed by atoms with Gasteiger partial charge in [0.25, 0.3) is 24.6 Å². The summed E-state index contributed by atoms with van der Waals surface area (Å²) >= 11 is 7.88. The van der Waals surface area contributed by atoms with E-state index < -0.39 is 0 Å². The van der Waals surface area contributed by atoms with E-state index in [2.05, 4.69) is 116 Å². The minimum absolute atomic E-state index is 0.00305. The standard InChI is InChI=1S/C18H16BrN5O4S.C18H15BrN4O2.C18H17N5O4S.C18H16N4O2/c19-16-9-15(5-6-18(16)26-29-28-27-21)25-8-7-17(24-11-22-23-12-24)14-3-1-13(10-20)2-4-14;19-16-9-15(5-6-18(16)24)25-8-7-17(23-11-21-22-12-23)14-3-1-13(10-20)2-4-14;19-11-14-1-3-15(4-2-14)18(23-12-21-22-13-23)9-10-24-16-5-7-17(8-6-16)25-28-27-26-20;19-11-14-1-3-15(4-2-14)18(22-12-20-21-13-22)9-10-24-17-7-5-16(23)6-8-17/h1-6,9,11-12,17H,7-8,21H2;1-6,9,11-12,17,24H,7-8H2;1-8,12-13,18H,9-10,20H2;1-8,12-13,18,23H,9-10H2. The summed E-state index contributed by atoms with van der Waals surface area (Å²) in [7, 11) is 0. The summed E-state index contributed by atoms with van der Waals surface area (Å²) in [5, 5.41) is 85.7. The van der Waals surface area contributed by atoms with Crippen LogP contribution in [0.15, 0.2) is 242 Å². The van der Waals surface area contributed by atoms with Crippen molar-refractivity contribution in [3.05, 3.63) is 286 Å². The molecule has 0 amide bonds. The third-order valence-corrected chi connectivity index (χ3v) is 17.4. The Morgan fingerprint density at radius 1 is 0.358 bits per heavy atom. The summed E-state index contributed by atoms with van der Waals surface area (Å²) in [6, 6.07) is 62.3. The fraction of sp³-hybridized carbons (Fsp3) is 0.167. The van der Waals surface area contributed by atoms with E-state index in [4.69, 9.17) is 60.2 Å². The van der Waals surface area contributed by atoms with Gasteiger partial charge in [-0.1, -0.05) is 48.5 Å².